The zero-order valence-electron chi connectivity index (χ0n) is 11.3. The number of halogens is 2. The zero-order chi connectivity index (χ0) is 14.3. The highest BCUT2D eigenvalue weighted by Crippen LogP contribution is 2.16. The average Bonchev–Trinajstić information content (AvgIpc) is 2.36. The molecule has 0 radical (unpaired) electrons. The molecule has 0 aliphatic rings. The smallest absolute Gasteiger partial charge is 0.221 e. The summed E-state index contributed by atoms with van der Waals surface area (Å²) in [5, 5.41) is 6.41. The minimum Gasteiger partial charge on any atom is -0.354 e. The Kier molecular flexibility index (Phi) is 6.81. The first-order valence-corrected chi connectivity index (χ1v) is 6.84. The van der Waals surface area contributed by atoms with Gasteiger partial charge < -0.3 is 10.6 Å². The van der Waals surface area contributed by atoms with Gasteiger partial charge in [-0.25, -0.2) is 4.39 Å². The summed E-state index contributed by atoms with van der Waals surface area (Å²) in [7, 11) is 0. The van der Waals surface area contributed by atoms with Crippen LogP contribution in [0.2, 0.25) is 5.02 Å². The summed E-state index contributed by atoms with van der Waals surface area (Å²) in [6.07, 6.45) is 1.34. The van der Waals surface area contributed by atoms with Crippen LogP contribution in [0, 0.1) is 5.82 Å². The quantitative estimate of drug-likeness (QED) is 0.757. The van der Waals surface area contributed by atoms with Crippen LogP contribution in [0.15, 0.2) is 18.2 Å². The minimum absolute atomic E-state index is 0.0343. The molecule has 1 atom stereocenters. The highest BCUT2D eigenvalue weighted by Gasteiger charge is 2.05. The van der Waals surface area contributed by atoms with E-state index in [9.17, 15) is 9.18 Å². The third-order valence-electron chi connectivity index (χ3n) is 2.88. The fourth-order valence-corrected chi connectivity index (χ4v) is 1.77. The molecule has 1 rings (SSSR count). The Morgan fingerprint density at radius 2 is 2.21 bits per heavy atom. The van der Waals surface area contributed by atoms with Gasteiger partial charge in [0, 0.05) is 30.6 Å². The van der Waals surface area contributed by atoms with Crippen molar-refractivity contribution in [3.8, 4) is 0 Å². The number of hydrogen-bond donors (Lipinski definition) is 2. The molecule has 1 amide bonds. The van der Waals surface area contributed by atoms with Crippen LogP contribution in [0.3, 0.4) is 0 Å². The third kappa shape index (κ3) is 6.03. The molecule has 5 heteroatoms. The Morgan fingerprint density at radius 1 is 1.47 bits per heavy atom. The number of benzene rings is 1. The molecule has 1 aromatic carbocycles. The van der Waals surface area contributed by atoms with E-state index < -0.39 is 0 Å². The van der Waals surface area contributed by atoms with Gasteiger partial charge in [0.1, 0.15) is 5.82 Å². The number of amides is 1. The summed E-state index contributed by atoms with van der Waals surface area (Å²) in [5.74, 6) is -0.311. The maximum absolute atomic E-state index is 12.8. The largest absolute Gasteiger partial charge is 0.354 e. The Bertz CT molecular complexity index is 426. The Labute approximate surface area is 118 Å². The molecule has 0 saturated heterocycles. The Hall–Kier alpha value is -1.13. The topological polar surface area (TPSA) is 41.1 Å². The van der Waals surface area contributed by atoms with Crippen molar-refractivity contribution in [3.63, 3.8) is 0 Å². The van der Waals surface area contributed by atoms with Gasteiger partial charge in [-0.1, -0.05) is 24.6 Å². The molecule has 2 N–H and O–H groups in total. The summed E-state index contributed by atoms with van der Waals surface area (Å²) in [5.41, 5.74) is 0.824. The molecule has 0 fully saturated rings. The lowest BCUT2D eigenvalue weighted by molar-refractivity contribution is -0.121. The maximum atomic E-state index is 12.8. The average molecular weight is 287 g/mol. The molecular weight excluding hydrogens is 267 g/mol. The van der Waals surface area contributed by atoms with Gasteiger partial charge in [-0.2, -0.15) is 0 Å². The van der Waals surface area contributed by atoms with Gasteiger partial charge in [0.05, 0.1) is 0 Å². The number of carbonyl (C=O) groups is 1. The fraction of sp³-hybridized carbons (Fsp3) is 0.500. The first-order chi connectivity index (χ1) is 9.02. The molecule has 0 bridgehead atoms. The van der Waals surface area contributed by atoms with Crippen LogP contribution >= 0.6 is 11.6 Å². The van der Waals surface area contributed by atoms with E-state index in [0.717, 1.165) is 12.0 Å². The summed E-state index contributed by atoms with van der Waals surface area (Å²) in [4.78, 5) is 11.5. The molecule has 0 aliphatic heterocycles. The molecule has 1 aromatic rings. The van der Waals surface area contributed by atoms with Gasteiger partial charge in [-0.15, -0.1) is 0 Å². The molecule has 1 unspecified atom stereocenters. The molecule has 0 aromatic heterocycles. The Balaban J connectivity index is 2.25. The summed E-state index contributed by atoms with van der Waals surface area (Å²) in [6, 6.07) is 4.51. The molecule has 19 heavy (non-hydrogen) atoms. The van der Waals surface area contributed by atoms with E-state index in [1.165, 1.54) is 12.1 Å². The summed E-state index contributed by atoms with van der Waals surface area (Å²) < 4.78 is 12.8. The maximum Gasteiger partial charge on any atom is 0.221 e. The lowest BCUT2D eigenvalue weighted by Gasteiger charge is -2.11. The highest BCUT2D eigenvalue weighted by atomic mass is 35.5. The highest BCUT2D eigenvalue weighted by molar-refractivity contribution is 6.31. The van der Waals surface area contributed by atoms with Gasteiger partial charge >= 0.3 is 0 Å². The van der Waals surface area contributed by atoms with Gasteiger partial charge in [-0.3, -0.25) is 4.79 Å². The van der Waals surface area contributed by atoms with Crippen molar-refractivity contribution in [2.45, 2.75) is 39.3 Å². The van der Waals surface area contributed by atoms with Gasteiger partial charge in [-0.05, 0) is 31.0 Å². The monoisotopic (exact) mass is 286 g/mol. The molecule has 0 saturated carbocycles. The number of rotatable bonds is 7. The van der Waals surface area contributed by atoms with Gasteiger partial charge in [0.25, 0.3) is 0 Å². The standard InChI is InChI=1S/C14H20ClFN2O/c1-3-10(2)18-14(19)6-7-17-9-11-4-5-12(16)8-13(11)15/h4-5,8,10,17H,3,6-7,9H2,1-2H3,(H,18,19). The molecular formula is C14H20ClFN2O. The van der Waals surface area contributed by atoms with Crippen LogP contribution in [0.5, 0.6) is 0 Å². The second kappa shape index (κ2) is 8.12. The van der Waals surface area contributed by atoms with E-state index in [1.54, 1.807) is 6.07 Å². The van der Waals surface area contributed by atoms with Gasteiger partial charge in [0.2, 0.25) is 5.91 Å². The van der Waals surface area contributed by atoms with Crippen LogP contribution < -0.4 is 10.6 Å². The van der Waals surface area contributed by atoms with Crippen molar-refractivity contribution in [1.29, 1.82) is 0 Å². The van der Waals surface area contributed by atoms with Crippen LogP contribution in [0.25, 0.3) is 0 Å². The number of hydrogen-bond acceptors (Lipinski definition) is 2. The normalized spacial score (nSPS) is 12.2. The molecule has 106 valence electrons. The molecule has 3 nitrogen and oxygen atoms in total. The van der Waals surface area contributed by atoms with Crippen LogP contribution in [0.4, 0.5) is 4.39 Å². The second-order valence-electron chi connectivity index (χ2n) is 4.54. The predicted molar refractivity (Wildman–Crippen MR) is 75.6 cm³/mol. The molecule has 0 spiro atoms. The van der Waals surface area contributed by atoms with Crippen molar-refractivity contribution < 1.29 is 9.18 Å². The minimum atomic E-state index is -0.346. The van der Waals surface area contributed by atoms with E-state index in [0.29, 0.717) is 24.5 Å². The first kappa shape index (κ1) is 15.9. The van der Waals surface area contributed by atoms with Crippen molar-refractivity contribution in [1.82, 2.24) is 10.6 Å². The number of carbonyl (C=O) groups excluding carboxylic acids is 1. The van der Waals surface area contributed by atoms with Gasteiger partial charge in [0.15, 0.2) is 0 Å². The van der Waals surface area contributed by atoms with E-state index in [-0.39, 0.29) is 17.8 Å². The van der Waals surface area contributed by atoms with E-state index in [4.69, 9.17) is 11.6 Å². The molecule has 0 aliphatic carbocycles. The second-order valence-corrected chi connectivity index (χ2v) is 4.95. The van der Waals surface area contributed by atoms with Crippen LogP contribution in [0.1, 0.15) is 32.3 Å². The first-order valence-electron chi connectivity index (χ1n) is 6.47. The SMILES string of the molecule is CCC(C)NC(=O)CCNCc1ccc(F)cc1Cl. The van der Waals surface area contributed by atoms with E-state index >= 15 is 0 Å². The lowest BCUT2D eigenvalue weighted by Crippen LogP contribution is -2.33. The fourth-order valence-electron chi connectivity index (χ4n) is 1.54. The van der Waals surface area contributed by atoms with Crippen molar-refractivity contribution in [3.05, 3.63) is 34.6 Å². The van der Waals surface area contributed by atoms with E-state index in [2.05, 4.69) is 10.6 Å². The van der Waals surface area contributed by atoms with Crippen molar-refractivity contribution in [2.24, 2.45) is 0 Å². The van der Waals surface area contributed by atoms with Crippen LogP contribution in [-0.2, 0) is 11.3 Å². The summed E-state index contributed by atoms with van der Waals surface area (Å²) in [6.45, 7) is 5.09. The summed E-state index contributed by atoms with van der Waals surface area (Å²) >= 11 is 5.90. The zero-order valence-corrected chi connectivity index (χ0v) is 12.1. The van der Waals surface area contributed by atoms with Crippen molar-refractivity contribution >= 4 is 17.5 Å². The number of nitrogens with one attached hydrogen (secondary N) is 2. The lowest BCUT2D eigenvalue weighted by atomic mass is 10.2. The molecule has 0 heterocycles. The van der Waals surface area contributed by atoms with Crippen molar-refractivity contribution in [2.75, 3.05) is 6.54 Å². The third-order valence-corrected chi connectivity index (χ3v) is 3.23. The predicted octanol–water partition coefficient (Wildman–Crippen LogP) is 2.87. The Morgan fingerprint density at radius 3 is 2.84 bits per heavy atom. The van der Waals surface area contributed by atoms with E-state index in [1.807, 2.05) is 13.8 Å². The van der Waals surface area contributed by atoms with Crippen LogP contribution in [-0.4, -0.2) is 18.5 Å².